The Morgan fingerprint density at radius 1 is 0.735 bits per heavy atom. The first kappa shape index (κ1) is 33.9. The molecular weight excluding hydrogens is 622 g/mol. The van der Waals surface area contributed by atoms with Crippen LogP contribution in [0.3, 0.4) is 0 Å². The number of carbonyl (C=O) groups excluding carboxylic acids is 2. The van der Waals surface area contributed by atoms with E-state index in [4.69, 9.17) is 24.7 Å². The summed E-state index contributed by atoms with van der Waals surface area (Å²) in [6, 6.07) is 20.1. The van der Waals surface area contributed by atoms with Gasteiger partial charge in [0.15, 0.2) is 0 Å². The Labute approximate surface area is 287 Å². The van der Waals surface area contributed by atoms with Gasteiger partial charge < -0.3 is 29.5 Å². The fourth-order valence-electron chi connectivity index (χ4n) is 6.41. The van der Waals surface area contributed by atoms with Crippen molar-refractivity contribution in [2.24, 2.45) is 17.6 Å². The summed E-state index contributed by atoms with van der Waals surface area (Å²) in [5.41, 5.74) is 13.9. The zero-order chi connectivity index (χ0) is 34.5. The predicted octanol–water partition coefficient (Wildman–Crippen LogP) is 4.48. The number of hydrogen-bond acceptors (Lipinski definition) is 10. The SMILES string of the molecule is COc1nc(OCc2cccc(-c3cccc(COc4ccc(CN5CC(C(N)=O)C5)c(OC)n4)c3C)c2C)ccc1CN1CC(C=O)C1. The molecule has 0 unspecified atom stereocenters. The number of hydrogen-bond donors (Lipinski definition) is 1. The first-order valence-electron chi connectivity index (χ1n) is 16.5. The fraction of sp³-hybridized carbons (Fsp3) is 0.368. The van der Waals surface area contributed by atoms with E-state index in [1.165, 1.54) is 0 Å². The molecule has 11 heteroatoms. The van der Waals surface area contributed by atoms with E-state index in [0.29, 0.717) is 62.9 Å². The van der Waals surface area contributed by atoms with Gasteiger partial charge >= 0.3 is 0 Å². The second-order valence-electron chi connectivity index (χ2n) is 12.8. The molecule has 0 bridgehead atoms. The lowest BCUT2D eigenvalue weighted by Gasteiger charge is -2.37. The molecule has 2 aromatic carbocycles. The molecule has 2 fully saturated rings. The van der Waals surface area contributed by atoms with Crippen LogP contribution in [0.4, 0.5) is 0 Å². The van der Waals surface area contributed by atoms with Crippen LogP contribution in [-0.2, 0) is 35.9 Å². The van der Waals surface area contributed by atoms with Gasteiger partial charge in [0.25, 0.3) is 0 Å². The van der Waals surface area contributed by atoms with E-state index in [-0.39, 0.29) is 17.7 Å². The Hall–Kier alpha value is -5.00. The predicted molar refractivity (Wildman–Crippen MR) is 184 cm³/mol. The summed E-state index contributed by atoms with van der Waals surface area (Å²) < 4.78 is 23.4. The number of primary amides is 1. The van der Waals surface area contributed by atoms with Crippen LogP contribution in [0.1, 0.15) is 33.4 Å². The van der Waals surface area contributed by atoms with Gasteiger partial charge in [0, 0.05) is 68.4 Å². The number of methoxy groups -OCH3 is 2. The van der Waals surface area contributed by atoms with Gasteiger partial charge in [-0.15, -0.1) is 0 Å². The molecule has 1 amide bonds. The van der Waals surface area contributed by atoms with E-state index in [2.05, 4.69) is 57.9 Å². The molecule has 2 aliphatic heterocycles. The maximum absolute atomic E-state index is 11.4. The first-order valence-corrected chi connectivity index (χ1v) is 16.5. The number of nitrogens with zero attached hydrogens (tertiary/aromatic N) is 4. The van der Waals surface area contributed by atoms with Gasteiger partial charge in [-0.05, 0) is 59.4 Å². The number of aromatic nitrogens is 2. The molecular formula is C38H43N5O6. The second kappa shape index (κ2) is 15.0. The maximum Gasteiger partial charge on any atom is 0.223 e. The summed E-state index contributed by atoms with van der Waals surface area (Å²) in [7, 11) is 3.20. The maximum atomic E-state index is 11.4. The molecule has 0 radical (unpaired) electrons. The van der Waals surface area contributed by atoms with Crippen molar-refractivity contribution in [2.75, 3.05) is 40.4 Å². The van der Waals surface area contributed by atoms with Crippen LogP contribution in [0, 0.1) is 25.7 Å². The third kappa shape index (κ3) is 7.68. The summed E-state index contributed by atoms with van der Waals surface area (Å²) in [6.07, 6.45) is 1.02. The van der Waals surface area contributed by atoms with E-state index in [1.807, 2.05) is 36.4 Å². The van der Waals surface area contributed by atoms with Crippen molar-refractivity contribution in [3.63, 3.8) is 0 Å². The molecule has 0 aliphatic carbocycles. The van der Waals surface area contributed by atoms with Crippen molar-refractivity contribution in [3.05, 3.63) is 94.0 Å². The standard InChI is InChI=1S/C38H43N5O6/c1-24-29(22-48-34-13-11-27(37(40-34)46-3)17-42-15-26(16-42)21-44)7-5-9-32(24)33-10-6-8-30(25(33)2)23-49-35-14-12-28(38(41-35)47-4)18-43-19-31(20-43)36(39)45/h5-14,21,26,31H,15-20,22-23H2,1-4H3,(H2,39,45). The number of rotatable bonds is 15. The molecule has 4 aromatic rings. The zero-order valence-electron chi connectivity index (χ0n) is 28.5. The Balaban J connectivity index is 1.09. The number of ether oxygens (including phenoxy) is 4. The highest BCUT2D eigenvalue weighted by Gasteiger charge is 2.31. The largest absolute Gasteiger partial charge is 0.481 e. The Bertz CT molecular complexity index is 1820. The molecule has 256 valence electrons. The van der Waals surface area contributed by atoms with E-state index in [9.17, 15) is 9.59 Å². The van der Waals surface area contributed by atoms with Crippen LogP contribution in [0.15, 0.2) is 60.7 Å². The van der Waals surface area contributed by atoms with E-state index < -0.39 is 0 Å². The monoisotopic (exact) mass is 665 g/mol. The van der Waals surface area contributed by atoms with Crippen LogP contribution in [0.2, 0.25) is 0 Å². The molecule has 4 heterocycles. The van der Waals surface area contributed by atoms with Crippen LogP contribution in [0.5, 0.6) is 23.5 Å². The van der Waals surface area contributed by atoms with Crippen molar-refractivity contribution in [2.45, 2.75) is 40.2 Å². The molecule has 6 rings (SSSR count). The lowest BCUT2D eigenvalue weighted by molar-refractivity contribution is -0.127. The summed E-state index contributed by atoms with van der Waals surface area (Å²) in [6.45, 7) is 9.06. The van der Waals surface area contributed by atoms with Gasteiger partial charge in [-0.1, -0.05) is 36.4 Å². The summed E-state index contributed by atoms with van der Waals surface area (Å²) >= 11 is 0. The minimum Gasteiger partial charge on any atom is -0.481 e. The van der Waals surface area contributed by atoms with Gasteiger partial charge in [0.2, 0.25) is 29.4 Å². The molecule has 2 aromatic heterocycles. The normalized spacial score (nSPS) is 15.3. The molecule has 49 heavy (non-hydrogen) atoms. The van der Waals surface area contributed by atoms with Crippen LogP contribution < -0.4 is 24.7 Å². The molecule has 11 nitrogen and oxygen atoms in total. The third-order valence-electron chi connectivity index (χ3n) is 9.47. The molecule has 2 N–H and O–H groups in total. The third-order valence-corrected chi connectivity index (χ3v) is 9.47. The van der Waals surface area contributed by atoms with Gasteiger partial charge in [0.1, 0.15) is 19.5 Å². The summed E-state index contributed by atoms with van der Waals surface area (Å²) in [5, 5.41) is 0. The molecule has 0 atom stereocenters. The topological polar surface area (TPSA) is 129 Å². The van der Waals surface area contributed by atoms with Gasteiger partial charge in [-0.25, -0.2) is 0 Å². The summed E-state index contributed by atoms with van der Waals surface area (Å²) in [4.78, 5) is 35.8. The zero-order valence-corrected chi connectivity index (χ0v) is 28.5. The van der Waals surface area contributed by atoms with Crippen molar-refractivity contribution < 1.29 is 28.5 Å². The number of aldehydes is 1. The number of nitrogens with two attached hydrogens (primary N) is 1. The fourth-order valence-corrected chi connectivity index (χ4v) is 6.41. The van der Waals surface area contributed by atoms with Crippen LogP contribution >= 0.6 is 0 Å². The van der Waals surface area contributed by atoms with Crippen molar-refractivity contribution in [1.29, 1.82) is 0 Å². The highest BCUT2D eigenvalue weighted by Crippen LogP contribution is 2.32. The average Bonchev–Trinajstić information content (AvgIpc) is 3.07. The number of amides is 1. The molecule has 0 saturated carbocycles. The summed E-state index contributed by atoms with van der Waals surface area (Å²) in [5.74, 6) is 1.77. The van der Waals surface area contributed by atoms with Gasteiger partial charge in [-0.3, -0.25) is 14.6 Å². The quantitative estimate of drug-likeness (QED) is 0.182. The lowest BCUT2D eigenvalue weighted by atomic mass is 9.92. The first-order chi connectivity index (χ1) is 23.8. The van der Waals surface area contributed by atoms with Crippen LogP contribution in [0.25, 0.3) is 11.1 Å². The number of likely N-dealkylation sites (tertiary alicyclic amines) is 2. The molecule has 2 aliphatic rings. The number of benzene rings is 2. The highest BCUT2D eigenvalue weighted by molar-refractivity contribution is 5.78. The Morgan fingerprint density at radius 3 is 1.63 bits per heavy atom. The minimum absolute atomic E-state index is 0.0915. The van der Waals surface area contributed by atoms with Crippen molar-refractivity contribution in [1.82, 2.24) is 19.8 Å². The smallest absolute Gasteiger partial charge is 0.223 e. The van der Waals surface area contributed by atoms with Crippen LogP contribution in [-0.4, -0.2) is 72.4 Å². The number of pyridine rings is 2. The van der Waals surface area contributed by atoms with Crippen molar-refractivity contribution in [3.8, 4) is 34.6 Å². The molecule has 2 saturated heterocycles. The van der Waals surface area contributed by atoms with E-state index in [0.717, 1.165) is 63.9 Å². The Kier molecular flexibility index (Phi) is 10.4. The Morgan fingerprint density at radius 2 is 1.20 bits per heavy atom. The number of carbonyl (C=O) groups is 2. The van der Waals surface area contributed by atoms with E-state index in [1.54, 1.807) is 14.2 Å². The van der Waals surface area contributed by atoms with Gasteiger partial charge in [0.05, 0.1) is 20.1 Å². The highest BCUT2D eigenvalue weighted by atomic mass is 16.5. The average molecular weight is 666 g/mol. The minimum atomic E-state index is -0.257. The lowest BCUT2D eigenvalue weighted by Crippen LogP contribution is -2.51. The second-order valence-corrected chi connectivity index (χ2v) is 12.8. The van der Waals surface area contributed by atoms with E-state index >= 15 is 0 Å². The van der Waals surface area contributed by atoms with Gasteiger partial charge in [-0.2, -0.15) is 9.97 Å². The molecule has 0 spiro atoms. The van der Waals surface area contributed by atoms with Crippen molar-refractivity contribution >= 4 is 12.2 Å².